The second-order valence-electron chi connectivity index (χ2n) is 3.51. The molecule has 1 aliphatic heterocycles. The van der Waals surface area contributed by atoms with Gasteiger partial charge in [-0.25, -0.2) is 9.97 Å². The fourth-order valence-electron chi connectivity index (χ4n) is 1.71. The van der Waals surface area contributed by atoms with Crippen LogP contribution >= 0.6 is 11.6 Å². The topological polar surface area (TPSA) is 69.9 Å². The van der Waals surface area contributed by atoms with Gasteiger partial charge in [0.2, 0.25) is 0 Å². The van der Waals surface area contributed by atoms with Crippen LogP contribution in [0.1, 0.15) is 23.3 Å². The average molecular weight is 237 g/mol. The first-order valence-electron chi connectivity index (χ1n) is 4.90. The molecule has 0 N–H and O–H groups in total. The Morgan fingerprint density at radius 1 is 1.56 bits per heavy atom. The third-order valence-corrected chi connectivity index (χ3v) is 2.70. The lowest BCUT2D eigenvalue weighted by Crippen LogP contribution is -2.35. The maximum Gasteiger partial charge on any atom is 0.275 e. The lowest BCUT2D eigenvalue weighted by atomic mass is 10.2. The normalized spacial score (nSPS) is 19.5. The molecule has 0 aromatic carbocycles. The third kappa shape index (κ3) is 1.97. The number of nitrogens with zero attached hydrogens (tertiary/aromatic N) is 4. The number of aromatic nitrogens is 2. The minimum absolute atomic E-state index is 0.228. The van der Waals surface area contributed by atoms with Crippen LogP contribution in [0.5, 0.6) is 0 Å². The minimum atomic E-state index is -0.343. The summed E-state index contributed by atoms with van der Waals surface area (Å²) in [7, 11) is 0. The Morgan fingerprint density at radius 2 is 2.38 bits per heavy atom. The van der Waals surface area contributed by atoms with Gasteiger partial charge in [-0.1, -0.05) is 11.6 Å². The quantitative estimate of drug-likeness (QED) is 0.736. The van der Waals surface area contributed by atoms with Crippen LogP contribution in [-0.2, 0) is 0 Å². The first-order valence-corrected chi connectivity index (χ1v) is 5.28. The van der Waals surface area contributed by atoms with E-state index in [1.54, 1.807) is 0 Å². The van der Waals surface area contributed by atoms with Crippen molar-refractivity contribution in [3.8, 4) is 6.07 Å². The second kappa shape index (κ2) is 4.45. The molecule has 1 saturated heterocycles. The van der Waals surface area contributed by atoms with Crippen molar-refractivity contribution in [2.45, 2.75) is 18.9 Å². The summed E-state index contributed by atoms with van der Waals surface area (Å²) in [5.74, 6) is -0.256. The lowest BCUT2D eigenvalue weighted by Gasteiger charge is -2.18. The van der Waals surface area contributed by atoms with Gasteiger partial charge in [0.05, 0.1) is 18.5 Å². The highest BCUT2D eigenvalue weighted by Gasteiger charge is 2.29. The van der Waals surface area contributed by atoms with Gasteiger partial charge in [-0.3, -0.25) is 4.79 Å². The fourth-order valence-corrected chi connectivity index (χ4v) is 1.81. The molecule has 82 valence electrons. The van der Waals surface area contributed by atoms with E-state index in [4.69, 9.17) is 16.9 Å². The van der Waals surface area contributed by atoms with Crippen molar-refractivity contribution in [3.63, 3.8) is 0 Å². The summed E-state index contributed by atoms with van der Waals surface area (Å²) in [6.45, 7) is 0.599. The van der Waals surface area contributed by atoms with Gasteiger partial charge in [0.25, 0.3) is 5.91 Å². The molecule has 0 saturated carbocycles. The molecule has 0 aliphatic carbocycles. The van der Waals surface area contributed by atoms with E-state index in [-0.39, 0.29) is 22.8 Å². The van der Waals surface area contributed by atoms with Gasteiger partial charge in [0.1, 0.15) is 16.9 Å². The van der Waals surface area contributed by atoms with Crippen LogP contribution in [0.25, 0.3) is 0 Å². The molecule has 2 rings (SSSR count). The molecule has 2 heterocycles. The standard InChI is InChI=1S/C10H9ClN4O/c11-9-6-13-8(5-14-9)10(16)15-3-1-2-7(15)4-12/h5-7H,1-3H2. The van der Waals surface area contributed by atoms with E-state index >= 15 is 0 Å². The fraction of sp³-hybridized carbons (Fsp3) is 0.400. The average Bonchev–Trinajstić information content (AvgIpc) is 2.77. The van der Waals surface area contributed by atoms with E-state index in [0.29, 0.717) is 6.54 Å². The summed E-state index contributed by atoms with van der Waals surface area (Å²) in [5.41, 5.74) is 0.228. The van der Waals surface area contributed by atoms with Crippen molar-refractivity contribution in [1.82, 2.24) is 14.9 Å². The molecule has 5 nitrogen and oxygen atoms in total. The van der Waals surface area contributed by atoms with E-state index in [1.165, 1.54) is 17.3 Å². The van der Waals surface area contributed by atoms with Crippen LogP contribution in [0.3, 0.4) is 0 Å². The summed E-state index contributed by atoms with van der Waals surface area (Å²) < 4.78 is 0. The molecule has 1 aliphatic rings. The van der Waals surface area contributed by atoms with Gasteiger partial charge >= 0.3 is 0 Å². The Kier molecular flexibility index (Phi) is 3.02. The number of hydrogen-bond acceptors (Lipinski definition) is 4. The van der Waals surface area contributed by atoms with Crippen molar-refractivity contribution in [1.29, 1.82) is 5.26 Å². The van der Waals surface area contributed by atoms with Crippen LogP contribution in [0, 0.1) is 11.3 Å². The van der Waals surface area contributed by atoms with Crippen molar-refractivity contribution < 1.29 is 4.79 Å². The second-order valence-corrected chi connectivity index (χ2v) is 3.90. The van der Waals surface area contributed by atoms with E-state index < -0.39 is 0 Å². The molecule has 1 amide bonds. The molecule has 0 bridgehead atoms. The molecule has 16 heavy (non-hydrogen) atoms. The van der Waals surface area contributed by atoms with Crippen molar-refractivity contribution in [3.05, 3.63) is 23.2 Å². The summed E-state index contributed by atoms with van der Waals surface area (Å²) in [6, 6.07) is 1.76. The SMILES string of the molecule is N#CC1CCCN1C(=O)c1cnc(Cl)cn1. The molecular weight excluding hydrogens is 228 g/mol. The summed E-state index contributed by atoms with van der Waals surface area (Å²) >= 11 is 5.58. The molecule has 6 heteroatoms. The van der Waals surface area contributed by atoms with Crippen molar-refractivity contribution >= 4 is 17.5 Å². The number of likely N-dealkylation sites (tertiary alicyclic amines) is 1. The smallest absolute Gasteiger partial charge is 0.275 e. The van der Waals surface area contributed by atoms with Crippen LogP contribution in [-0.4, -0.2) is 33.4 Å². The van der Waals surface area contributed by atoms with Crippen LogP contribution < -0.4 is 0 Å². The zero-order chi connectivity index (χ0) is 11.5. The van der Waals surface area contributed by atoms with Gasteiger partial charge in [-0.05, 0) is 12.8 Å². The van der Waals surface area contributed by atoms with Crippen LogP contribution in [0.4, 0.5) is 0 Å². The van der Waals surface area contributed by atoms with E-state index in [9.17, 15) is 4.79 Å². The Hall–Kier alpha value is -1.67. The van der Waals surface area contributed by atoms with Gasteiger partial charge in [0, 0.05) is 6.54 Å². The number of halogens is 1. The first kappa shape index (κ1) is 10.8. The third-order valence-electron chi connectivity index (χ3n) is 2.50. The number of nitriles is 1. The lowest BCUT2D eigenvalue weighted by molar-refractivity contribution is 0.0758. The van der Waals surface area contributed by atoms with Crippen molar-refractivity contribution in [2.24, 2.45) is 0 Å². The Labute approximate surface area is 97.7 Å². The number of carbonyl (C=O) groups is 1. The maximum absolute atomic E-state index is 12.0. The Balaban J connectivity index is 2.19. The minimum Gasteiger partial charge on any atom is -0.321 e. The highest BCUT2D eigenvalue weighted by Crippen LogP contribution is 2.18. The molecule has 1 atom stereocenters. The number of rotatable bonds is 1. The molecule has 0 spiro atoms. The number of amides is 1. The van der Waals surface area contributed by atoms with Crippen LogP contribution in [0.15, 0.2) is 12.4 Å². The molecular formula is C10H9ClN4O. The van der Waals surface area contributed by atoms with E-state index in [0.717, 1.165) is 12.8 Å². The predicted molar refractivity (Wildman–Crippen MR) is 56.7 cm³/mol. The molecule has 1 aromatic heterocycles. The molecule has 1 fully saturated rings. The first-order chi connectivity index (χ1) is 7.72. The number of carbonyl (C=O) groups excluding carboxylic acids is 1. The van der Waals surface area contributed by atoms with E-state index in [1.807, 2.05) is 0 Å². The summed E-state index contributed by atoms with van der Waals surface area (Å²) in [6.07, 6.45) is 4.23. The summed E-state index contributed by atoms with van der Waals surface area (Å²) in [4.78, 5) is 21.2. The molecule has 1 aromatic rings. The zero-order valence-corrected chi connectivity index (χ0v) is 9.18. The largest absolute Gasteiger partial charge is 0.321 e. The van der Waals surface area contributed by atoms with Gasteiger partial charge in [0.15, 0.2) is 0 Å². The molecule has 1 unspecified atom stereocenters. The van der Waals surface area contributed by atoms with Gasteiger partial charge in [-0.15, -0.1) is 0 Å². The predicted octanol–water partition coefficient (Wildman–Crippen LogP) is 1.26. The van der Waals surface area contributed by atoms with Gasteiger partial charge in [-0.2, -0.15) is 5.26 Å². The van der Waals surface area contributed by atoms with Crippen molar-refractivity contribution in [2.75, 3.05) is 6.54 Å². The number of hydrogen-bond donors (Lipinski definition) is 0. The van der Waals surface area contributed by atoms with E-state index in [2.05, 4.69) is 16.0 Å². The Bertz CT molecular complexity index is 439. The summed E-state index contributed by atoms with van der Waals surface area (Å²) in [5, 5.41) is 9.12. The van der Waals surface area contributed by atoms with Crippen LogP contribution in [0.2, 0.25) is 5.15 Å². The maximum atomic E-state index is 12.0. The highest BCUT2D eigenvalue weighted by atomic mass is 35.5. The highest BCUT2D eigenvalue weighted by molar-refractivity contribution is 6.29. The molecule has 0 radical (unpaired) electrons. The monoisotopic (exact) mass is 236 g/mol. The van der Waals surface area contributed by atoms with Gasteiger partial charge < -0.3 is 4.90 Å². The Morgan fingerprint density at radius 3 is 3.00 bits per heavy atom. The zero-order valence-electron chi connectivity index (χ0n) is 8.43.